The van der Waals surface area contributed by atoms with Gasteiger partial charge in [-0.25, -0.2) is 4.79 Å². The third kappa shape index (κ3) is 1.68. The lowest BCUT2D eigenvalue weighted by atomic mass is 10.3. The molecule has 0 aliphatic rings. The van der Waals surface area contributed by atoms with Gasteiger partial charge in [0.25, 0.3) is 0 Å². The number of aromatic nitrogens is 3. The summed E-state index contributed by atoms with van der Waals surface area (Å²) in [6.45, 7) is 1.64. The first-order chi connectivity index (χ1) is 7.50. The summed E-state index contributed by atoms with van der Waals surface area (Å²) in [5, 5.41) is 13.6. The number of H-pyrrole nitrogens is 1. The van der Waals surface area contributed by atoms with Gasteiger partial charge in [0, 0.05) is 0 Å². The molecule has 5 nitrogen and oxygen atoms in total. The minimum absolute atomic E-state index is 0.0129. The Kier molecular flexibility index (Phi) is 2.65. The van der Waals surface area contributed by atoms with Crippen molar-refractivity contribution in [3.05, 3.63) is 38.5 Å². The summed E-state index contributed by atoms with van der Waals surface area (Å²) in [5.41, 5.74) is -0.154. The fourth-order valence-electron chi connectivity index (χ4n) is 1.29. The van der Waals surface area contributed by atoms with Crippen LogP contribution in [0.1, 0.15) is 5.82 Å². The first kappa shape index (κ1) is 11.0. The van der Waals surface area contributed by atoms with Crippen LogP contribution >= 0.6 is 23.2 Å². The molecular weight excluding hydrogens is 253 g/mol. The van der Waals surface area contributed by atoms with Crippen LogP contribution in [0.5, 0.6) is 5.75 Å². The van der Waals surface area contributed by atoms with Crippen molar-refractivity contribution in [2.75, 3.05) is 0 Å². The maximum Gasteiger partial charge on any atom is 0.348 e. The first-order valence-corrected chi connectivity index (χ1v) is 5.09. The van der Waals surface area contributed by atoms with Crippen LogP contribution in [0.4, 0.5) is 0 Å². The Labute approximate surface area is 100 Å². The molecule has 2 aromatic rings. The van der Waals surface area contributed by atoms with Gasteiger partial charge >= 0.3 is 5.69 Å². The average Bonchev–Trinajstić information content (AvgIpc) is 2.55. The third-order valence-corrected chi connectivity index (χ3v) is 2.68. The van der Waals surface area contributed by atoms with Crippen LogP contribution in [-0.2, 0) is 0 Å². The van der Waals surface area contributed by atoms with E-state index in [-0.39, 0.29) is 21.5 Å². The molecule has 7 heteroatoms. The van der Waals surface area contributed by atoms with Gasteiger partial charge in [0.1, 0.15) is 10.8 Å². The number of nitrogens with zero attached hydrogens (tertiary/aromatic N) is 2. The quantitative estimate of drug-likeness (QED) is 0.822. The molecule has 0 fully saturated rings. The minimum Gasteiger partial charge on any atom is -0.505 e. The van der Waals surface area contributed by atoms with Crippen LogP contribution in [0.3, 0.4) is 0 Å². The lowest BCUT2D eigenvalue weighted by molar-refractivity contribution is 0.475. The molecule has 2 N–H and O–H groups in total. The Hall–Kier alpha value is -1.46. The number of rotatable bonds is 1. The van der Waals surface area contributed by atoms with Crippen molar-refractivity contribution in [3.8, 4) is 11.4 Å². The molecule has 0 saturated carbocycles. The summed E-state index contributed by atoms with van der Waals surface area (Å²) >= 11 is 11.5. The standard InChI is InChI=1S/C9H7Cl2N3O2/c1-4-12-9(16)14(13-4)6-3-2-5(10)8(15)7(6)11/h2-3,15H,1H3,(H,12,13,16). The first-order valence-electron chi connectivity index (χ1n) is 4.34. The third-order valence-electron chi connectivity index (χ3n) is 2.00. The monoisotopic (exact) mass is 259 g/mol. The highest BCUT2D eigenvalue weighted by molar-refractivity contribution is 6.38. The maximum absolute atomic E-state index is 11.5. The zero-order valence-corrected chi connectivity index (χ0v) is 9.67. The number of phenols is 1. The van der Waals surface area contributed by atoms with E-state index in [1.165, 1.54) is 12.1 Å². The Morgan fingerprint density at radius 2 is 2.12 bits per heavy atom. The number of benzene rings is 1. The van der Waals surface area contributed by atoms with Crippen molar-refractivity contribution in [1.82, 2.24) is 14.8 Å². The molecule has 0 unspecified atom stereocenters. The van der Waals surface area contributed by atoms with Gasteiger partial charge in [-0.3, -0.25) is 4.98 Å². The summed E-state index contributed by atoms with van der Waals surface area (Å²) in [6.07, 6.45) is 0. The van der Waals surface area contributed by atoms with Gasteiger partial charge in [-0.2, -0.15) is 9.78 Å². The van der Waals surface area contributed by atoms with Crippen LogP contribution < -0.4 is 5.69 Å². The molecular formula is C9H7Cl2N3O2. The highest BCUT2D eigenvalue weighted by Crippen LogP contribution is 2.35. The Balaban J connectivity index is 2.70. The summed E-state index contributed by atoms with van der Waals surface area (Å²) in [6, 6.07) is 2.95. The van der Waals surface area contributed by atoms with Gasteiger partial charge in [-0.1, -0.05) is 23.2 Å². The summed E-state index contributed by atoms with van der Waals surface area (Å²) in [4.78, 5) is 14.0. The summed E-state index contributed by atoms with van der Waals surface area (Å²) in [5.74, 6) is 0.184. The van der Waals surface area contributed by atoms with E-state index in [4.69, 9.17) is 23.2 Å². The number of nitrogens with one attached hydrogen (secondary N) is 1. The minimum atomic E-state index is -0.430. The van der Waals surface area contributed by atoms with Crippen molar-refractivity contribution >= 4 is 23.2 Å². The van der Waals surface area contributed by atoms with Gasteiger partial charge in [0.2, 0.25) is 0 Å². The summed E-state index contributed by atoms with van der Waals surface area (Å²) < 4.78 is 1.06. The van der Waals surface area contributed by atoms with E-state index in [9.17, 15) is 9.90 Å². The SMILES string of the molecule is Cc1nn(-c2ccc(Cl)c(O)c2Cl)c(=O)[nH]1. The van der Waals surface area contributed by atoms with Gasteiger partial charge in [0.05, 0.1) is 10.7 Å². The van der Waals surface area contributed by atoms with E-state index >= 15 is 0 Å². The van der Waals surface area contributed by atoms with Crippen LogP contribution in [0.15, 0.2) is 16.9 Å². The van der Waals surface area contributed by atoms with Crippen LogP contribution in [0, 0.1) is 6.92 Å². The molecule has 1 heterocycles. The molecule has 0 saturated heterocycles. The maximum atomic E-state index is 11.5. The van der Waals surface area contributed by atoms with Crippen molar-refractivity contribution in [1.29, 1.82) is 0 Å². The van der Waals surface area contributed by atoms with Gasteiger partial charge in [-0.05, 0) is 19.1 Å². The second-order valence-electron chi connectivity index (χ2n) is 3.16. The smallest absolute Gasteiger partial charge is 0.348 e. The molecule has 0 aliphatic carbocycles. The van der Waals surface area contributed by atoms with E-state index in [0.29, 0.717) is 5.82 Å². The Morgan fingerprint density at radius 3 is 2.69 bits per heavy atom. The highest BCUT2D eigenvalue weighted by Gasteiger charge is 2.13. The van der Waals surface area contributed by atoms with Crippen molar-refractivity contribution < 1.29 is 5.11 Å². The van der Waals surface area contributed by atoms with Crippen molar-refractivity contribution in [2.45, 2.75) is 6.92 Å². The van der Waals surface area contributed by atoms with E-state index in [2.05, 4.69) is 10.1 Å². The summed E-state index contributed by atoms with van der Waals surface area (Å²) in [7, 11) is 0. The van der Waals surface area contributed by atoms with Crippen LogP contribution in [-0.4, -0.2) is 19.9 Å². The number of aryl methyl sites for hydroxylation is 1. The van der Waals surface area contributed by atoms with E-state index in [1.54, 1.807) is 6.92 Å². The molecule has 0 aliphatic heterocycles. The molecule has 0 atom stereocenters. The largest absolute Gasteiger partial charge is 0.505 e. The molecule has 1 aromatic carbocycles. The fraction of sp³-hybridized carbons (Fsp3) is 0.111. The molecule has 84 valence electrons. The van der Waals surface area contributed by atoms with Crippen LogP contribution in [0.2, 0.25) is 10.0 Å². The fourth-order valence-corrected chi connectivity index (χ4v) is 1.74. The van der Waals surface area contributed by atoms with Crippen molar-refractivity contribution in [3.63, 3.8) is 0 Å². The van der Waals surface area contributed by atoms with E-state index < -0.39 is 5.69 Å². The zero-order chi connectivity index (χ0) is 11.9. The molecule has 0 spiro atoms. The van der Waals surface area contributed by atoms with Crippen LogP contribution in [0.25, 0.3) is 5.69 Å². The molecule has 0 radical (unpaired) electrons. The predicted molar refractivity (Wildman–Crippen MR) is 60.6 cm³/mol. The second-order valence-corrected chi connectivity index (χ2v) is 3.94. The van der Waals surface area contributed by atoms with Gasteiger partial charge in [0.15, 0.2) is 5.75 Å². The molecule has 16 heavy (non-hydrogen) atoms. The number of phenolic OH excluding ortho intramolecular Hbond substituents is 1. The Bertz CT molecular complexity index is 603. The highest BCUT2D eigenvalue weighted by atomic mass is 35.5. The van der Waals surface area contributed by atoms with E-state index in [0.717, 1.165) is 4.68 Å². The zero-order valence-electron chi connectivity index (χ0n) is 8.16. The van der Waals surface area contributed by atoms with Gasteiger partial charge < -0.3 is 5.11 Å². The van der Waals surface area contributed by atoms with Gasteiger partial charge in [-0.15, -0.1) is 0 Å². The molecule has 0 amide bonds. The second kappa shape index (κ2) is 3.84. The lowest BCUT2D eigenvalue weighted by Gasteiger charge is -2.05. The van der Waals surface area contributed by atoms with Crippen molar-refractivity contribution in [2.24, 2.45) is 0 Å². The average molecular weight is 260 g/mol. The Morgan fingerprint density at radius 1 is 1.44 bits per heavy atom. The number of halogens is 2. The number of hydrogen-bond donors (Lipinski definition) is 2. The number of aromatic amines is 1. The van der Waals surface area contributed by atoms with E-state index in [1.807, 2.05) is 0 Å². The molecule has 1 aromatic heterocycles. The lowest BCUT2D eigenvalue weighted by Crippen LogP contribution is -2.16. The molecule has 0 bridgehead atoms. The predicted octanol–water partition coefficient (Wildman–Crippen LogP) is 1.88. The molecule has 2 rings (SSSR count). The normalized spacial score (nSPS) is 10.7. The number of aromatic hydroxyl groups is 1. The topological polar surface area (TPSA) is 70.9 Å². The number of hydrogen-bond acceptors (Lipinski definition) is 3.